The minimum Gasteiger partial charge on any atom is -0.456 e. The molecule has 1 N–H and O–H groups in total. The average molecular weight is 706 g/mol. The molecule has 0 fully saturated rings. The molecule has 2 aromatic heterocycles. The van der Waals surface area contributed by atoms with E-state index in [0.717, 1.165) is 50.3 Å². The summed E-state index contributed by atoms with van der Waals surface area (Å²) in [6.07, 6.45) is 0. The van der Waals surface area contributed by atoms with Gasteiger partial charge in [-0.15, -0.1) is 0 Å². The lowest BCUT2D eigenvalue weighted by atomic mass is 9.76. The molecule has 1 aliphatic heterocycles. The summed E-state index contributed by atoms with van der Waals surface area (Å²) in [5.74, 6) is 0.876. The number of benzene rings is 8. The molecule has 0 spiro atoms. The smallest absolute Gasteiger partial charge is 0.135 e. The first-order valence-electron chi connectivity index (χ1n) is 19.1. The maximum Gasteiger partial charge on any atom is 0.135 e. The monoisotopic (exact) mass is 705 g/mol. The first-order valence-corrected chi connectivity index (χ1v) is 19.1. The van der Waals surface area contributed by atoms with E-state index < -0.39 is 0 Å². The third kappa shape index (κ3) is 4.37. The molecule has 1 atom stereocenters. The predicted octanol–water partition coefficient (Wildman–Crippen LogP) is 12.8. The quantitative estimate of drug-likeness (QED) is 0.199. The molecule has 0 bridgehead atoms. The zero-order valence-corrected chi connectivity index (χ0v) is 30.5. The first-order chi connectivity index (χ1) is 27.0. The van der Waals surface area contributed by atoms with E-state index in [1.165, 1.54) is 60.1 Å². The van der Waals surface area contributed by atoms with Crippen LogP contribution in [0.5, 0.6) is 0 Å². The second-order valence-electron chi connectivity index (χ2n) is 15.6. The van der Waals surface area contributed by atoms with Crippen LogP contribution in [0.2, 0.25) is 0 Å². The van der Waals surface area contributed by atoms with Gasteiger partial charge in [0.25, 0.3) is 0 Å². The lowest BCUT2D eigenvalue weighted by Crippen LogP contribution is -2.37. The lowest BCUT2D eigenvalue weighted by molar-refractivity contribution is 0.554. The SMILES string of the molecule is CC1(C)C2=C(N=C(c3ccc4cc(-n5c6ccccc6c6cc7ccccc7cc65)ccc4c3)NC2c2ccc3c(c2)oc2ccccc23)c2ccccc21. The molecule has 10 aromatic rings. The van der Waals surface area contributed by atoms with Gasteiger partial charge in [-0.1, -0.05) is 129 Å². The number of rotatable bonds is 3. The van der Waals surface area contributed by atoms with Gasteiger partial charge < -0.3 is 14.3 Å². The zero-order chi connectivity index (χ0) is 36.4. The molecule has 55 heavy (non-hydrogen) atoms. The van der Waals surface area contributed by atoms with E-state index in [4.69, 9.17) is 9.41 Å². The topological polar surface area (TPSA) is 42.5 Å². The summed E-state index contributed by atoms with van der Waals surface area (Å²) in [6, 6.07) is 59.2. The third-order valence-electron chi connectivity index (χ3n) is 12.2. The number of hydrogen-bond donors (Lipinski definition) is 1. The molecule has 0 saturated carbocycles. The van der Waals surface area contributed by atoms with E-state index in [2.05, 4.69) is 175 Å². The van der Waals surface area contributed by atoms with Crippen molar-refractivity contribution in [3.8, 4) is 5.69 Å². The van der Waals surface area contributed by atoms with Gasteiger partial charge in [0, 0.05) is 43.8 Å². The van der Waals surface area contributed by atoms with Crippen molar-refractivity contribution in [1.29, 1.82) is 0 Å². The summed E-state index contributed by atoms with van der Waals surface area (Å²) >= 11 is 0. The molecule has 4 nitrogen and oxygen atoms in total. The van der Waals surface area contributed by atoms with Crippen LogP contribution in [-0.2, 0) is 5.41 Å². The molecule has 0 amide bonds. The van der Waals surface area contributed by atoms with Crippen molar-refractivity contribution in [2.45, 2.75) is 25.3 Å². The van der Waals surface area contributed by atoms with Crippen LogP contribution in [0.4, 0.5) is 0 Å². The minimum atomic E-state index is -0.208. The van der Waals surface area contributed by atoms with E-state index in [0.29, 0.717) is 0 Å². The summed E-state index contributed by atoms with van der Waals surface area (Å²) in [5.41, 5.74) is 12.3. The van der Waals surface area contributed by atoms with Crippen LogP contribution < -0.4 is 5.32 Å². The van der Waals surface area contributed by atoms with Crippen molar-refractivity contribution in [2.24, 2.45) is 4.99 Å². The Hall–Kier alpha value is -6.91. The molecule has 1 unspecified atom stereocenters. The highest BCUT2D eigenvalue weighted by molar-refractivity contribution is 6.14. The summed E-state index contributed by atoms with van der Waals surface area (Å²) in [7, 11) is 0. The van der Waals surface area contributed by atoms with E-state index >= 15 is 0 Å². The van der Waals surface area contributed by atoms with Gasteiger partial charge in [-0.05, 0) is 86.8 Å². The molecule has 3 heterocycles. The summed E-state index contributed by atoms with van der Waals surface area (Å²) in [5, 5.41) is 13.6. The van der Waals surface area contributed by atoms with Gasteiger partial charge in [-0.2, -0.15) is 0 Å². The van der Waals surface area contributed by atoms with Gasteiger partial charge in [0.1, 0.15) is 17.0 Å². The minimum absolute atomic E-state index is 0.0908. The fraction of sp³-hybridized carbons (Fsp3) is 0.0784. The van der Waals surface area contributed by atoms with Crippen LogP contribution in [0.1, 0.15) is 42.1 Å². The Labute approximate surface area is 317 Å². The number of aromatic nitrogens is 1. The molecular weight excluding hydrogens is 671 g/mol. The number of nitrogens with one attached hydrogen (secondary N) is 1. The second-order valence-corrected chi connectivity index (χ2v) is 15.6. The molecule has 0 radical (unpaired) electrons. The number of para-hydroxylation sites is 2. The van der Waals surface area contributed by atoms with Gasteiger partial charge in [0.15, 0.2) is 0 Å². The van der Waals surface area contributed by atoms with Crippen molar-refractivity contribution in [2.75, 3.05) is 0 Å². The van der Waals surface area contributed by atoms with Crippen LogP contribution in [0, 0.1) is 0 Å². The average Bonchev–Trinajstić information content (AvgIpc) is 3.84. The molecular formula is C51H35N3O. The van der Waals surface area contributed by atoms with E-state index in [9.17, 15) is 0 Å². The van der Waals surface area contributed by atoms with Crippen molar-refractivity contribution in [1.82, 2.24) is 9.88 Å². The van der Waals surface area contributed by atoms with Crippen LogP contribution in [0.25, 0.3) is 76.7 Å². The summed E-state index contributed by atoms with van der Waals surface area (Å²) < 4.78 is 8.81. The zero-order valence-electron chi connectivity index (χ0n) is 30.5. The Morgan fingerprint density at radius 2 is 1.27 bits per heavy atom. The molecule has 0 saturated heterocycles. The Balaban J connectivity index is 0.990. The highest BCUT2D eigenvalue weighted by Crippen LogP contribution is 2.53. The highest BCUT2D eigenvalue weighted by atomic mass is 16.3. The summed E-state index contributed by atoms with van der Waals surface area (Å²) in [4.78, 5) is 5.44. The van der Waals surface area contributed by atoms with E-state index in [1.807, 2.05) is 12.1 Å². The first kappa shape index (κ1) is 30.5. The van der Waals surface area contributed by atoms with Crippen molar-refractivity contribution in [3.05, 3.63) is 192 Å². The van der Waals surface area contributed by atoms with Crippen LogP contribution in [0.15, 0.2) is 179 Å². The van der Waals surface area contributed by atoms with Gasteiger partial charge in [0.2, 0.25) is 0 Å². The molecule has 4 heteroatoms. The number of hydrogen-bond acceptors (Lipinski definition) is 3. The third-order valence-corrected chi connectivity index (χ3v) is 12.2. The highest BCUT2D eigenvalue weighted by Gasteiger charge is 2.44. The summed E-state index contributed by atoms with van der Waals surface area (Å²) in [6.45, 7) is 4.66. The number of aliphatic imine (C=N–C) groups is 1. The molecule has 260 valence electrons. The van der Waals surface area contributed by atoms with Crippen molar-refractivity contribution >= 4 is 76.8 Å². The van der Waals surface area contributed by atoms with Gasteiger partial charge in [-0.3, -0.25) is 0 Å². The number of furan rings is 1. The van der Waals surface area contributed by atoms with E-state index in [1.54, 1.807) is 0 Å². The Bertz CT molecular complexity index is 3340. The largest absolute Gasteiger partial charge is 0.456 e. The van der Waals surface area contributed by atoms with Crippen LogP contribution in [0.3, 0.4) is 0 Å². The lowest BCUT2D eigenvalue weighted by Gasteiger charge is -2.34. The molecule has 12 rings (SSSR count). The van der Waals surface area contributed by atoms with Crippen molar-refractivity contribution in [3.63, 3.8) is 0 Å². The number of fused-ring (bicyclic) bond motifs is 10. The van der Waals surface area contributed by atoms with Gasteiger partial charge in [-0.25, -0.2) is 4.99 Å². The van der Waals surface area contributed by atoms with E-state index in [-0.39, 0.29) is 11.5 Å². The number of nitrogens with zero attached hydrogens (tertiary/aromatic N) is 2. The fourth-order valence-electron chi connectivity index (χ4n) is 9.56. The maximum absolute atomic E-state index is 6.40. The standard InChI is InChI=1S/C51H35N3O/c1-51(2)42-16-8-5-15-40(42)49-47(51)48(34-22-24-39-38-14-7-10-18-45(38)55-46(39)29-34)52-50(53-49)35-20-19-33-26-36(23-21-32(33)25-35)54-43-17-9-6-13-37(43)41-27-30-11-3-4-12-31(30)28-44(41)54/h3-29,48H,1-2H3,(H,52,53). The van der Waals surface area contributed by atoms with Crippen molar-refractivity contribution < 1.29 is 4.42 Å². The molecule has 8 aromatic carbocycles. The Morgan fingerprint density at radius 3 is 2.18 bits per heavy atom. The fourth-order valence-corrected chi connectivity index (χ4v) is 9.56. The predicted molar refractivity (Wildman–Crippen MR) is 228 cm³/mol. The Kier molecular flexibility index (Phi) is 6.14. The van der Waals surface area contributed by atoms with Gasteiger partial charge in [0.05, 0.1) is 22.8 Å². The van der Waals surface area contributed by atoms with Gasteiger partial charge >= 0.3 is 0 Å². The second kappa shape index (κ2) is 11.1. The van der Waals surface area contributed by atoms with Crippen LogP contribution in [-0.4, -0.2) is 10.4 Å². The molecule has 2 aliphatic rings. The van der Waals surface area contributed by atoms with Crippen LogP contribution >= 0.6 is 0 Å². The number of amidine groups is 1. The normalized spacial score (nSPS) is 16.3. The molecule has 1 aliphatic carbocycles. The maximum atomic E-state index is 6.40. The Morgan fingerprint density at radius 1 is 0.564 bits per heavy atom.